The molecule has 0 unspecified atom stereocenters. The standard InChI is InChI=1S/C11H12ClN3/c1-8-10(2-5-12)11(15-14-8)9-3-6-13-7-4-9/h3-4,6-7H,2,5H2,1H3,(H,14,15). The summed E-state index contributed by atoms with van der Waals surface area (Å²) in [5.41, 5.74) is 4.34. The van der Waals surface area contributed by atoms with Gasteiger partial charge in [-0.05, 0) is 25.5 Å². The monoisotopic (exact) mass is 221 g/mol. The lowest BCUT2D eigenvalue weighted by Crippen LogP contribution is -1.90. The zero-order valence-corrected chi connectivity index (χ0v) is 9.25. The van der Waals surface area contributed by atoms with Crippen molar-refractivity contribution >= 4 is 11.6 Å². The molecule has 0 amide bonds. The van der Waals surface area contributed by atoms with Crippen LogP contribution in [0.1, 0.15) is 11.3 Å². The Labute approximate surface area is 93.5 Å². The Morgan fingerprint density at radius 1 is 1.33 bits per heavy atom. The van der Waals surface area contributed by atoms with Crippen molar-refractivity contribution in [1.29, 1.82) is 0 Å². The Morgan fingerprint density at radius 3 is 2.73 bits per heavy atom. The van der Waals surface area contributed by atoms with E-state index in [1.807, 2.05) is 19.1 Å². The molecule has 2 aromatic rings. The second kappa shape index (κ2) is 4.45. The van der Waals surface area contributed by atoms with E-state index >= 15 is 0 Å². The van der Waals surface area contributed by atoms with Gasteiger partial charge in [-0.3, -0.25) is 10.1 Å². The highest BCUT2D eigenvalue weighted by molar-refractivity contribution is 6.18. The average Bonchev–Trinajstić information content (AvgIpc) is 2.63. The first-order valence-corrected chi connectivity index (χ1v) is 5.36. The number of aromatic amines is 1. The Hall–Kier alpha value is -1.35. The molecule has 0 aliphatic carbocycles. The van der Waals surface area contributed by atoms with Gasteiger partial charge in [0, 0.05) is 35.1 Å². The molecule has 2 aromatic heterocycles. The minimum Gasteiger partial charge on any atom is -0.282 e. The predicted molar refractivity (Wildman–Crippen MR) is 61.0 cm³/mol. The lowest BCUT2D eigenvalue weighted by Gasteiger charge is -2.00. The molecule has 0 bridgehead atoms. The number of hydrogen-bond donors (Lipinski definition) is 1. The number of alkyl halides is 1. The van der Waals surface area contributed by atoms with Crippen molar-refractivity contribution in [3.8, 4) is 11.3 Å². The van der Waals surface area contributed by atoms with Crippen molar-refractivity contribution in [2.75, 3.05) is 5.88 Å². The Bertz CT molecular complexity index is 436. The van der Waals surface area contributed by atoms with Gasteiger partial charge < -0.3 is 0 Å². The maximum absolute atomic E-state index is 5.77. The van der Waals surface area contributed by atoms with E-state index in [0.29, 0.717) is 5.88 Å². The number of nitrogens with zero attached hydrogens (tertiary/aromatic N) is 2. The quantitative estimate of drug-likeness (QED) is 0.810. The fourth-order valence-corrected chi connectivity index (χ4v) is 1.79. The molecular weight excluding hydrogens is 210 g/mol. The largest absolute Gasteiger partial charge is 0.282 e. The van der Waals surface area contributed by atoms with Gasteiger partial charge in [0.1, 0.15) is 0 Å². The van der Waals surface area contributed by atoms with Crippen LogP contribution in [0.4, 0.5) is 0 Å². The summed E-state index contributed by atoms with van der Waals surface area (Å²) in [6.07, 6.45) is 4.37. The molecule has 0 aliphatic rings. The maximum atomic E-state index is 5.77. The molecule has 2 heterocycles. The van der Waals surface area contributed by atoms with Crippen LogP contribution >= 0.6 is 11.6 Å². The molecule has 0 saturated heterocycles. The topological polar surface area (TPSA) is 41.6 Å². The average molecular weight is 222 g/mol. The molecule has 78 valence electrons. The molecule has 0 spiro atoms. The number of aromatic nitrogens is 3. The van der Waals surface area contributed by atoms with E-state index < -0.39 is 0 Å². The lowest BCUT2D eigenvalue weighted by atomic mass is 10.1. The van der Waals surface area contributed by atoms with Crippen LogP contribution in [-0.2, 0) is 6.42 Å². The third-order valence-electron chi connectivity index (χ3n) is 2.37. The van der Waals surface area contributed by atoms with Gasteiger partial charge in [0.15, 0.2) is 0 Å². The molecule has 0 atom stereocenters. The third-order valence-corrected chi connectivity index (χ3v) is 2.56. The van der Waals surface area contributed by atoms with E-state index in [9.17, 15) is 0 Å². The number of H-pyrrole nitrogens is 1. The summed E-state index contributed by atoms with van der Waals surface area (Å²) in [5, 5.41) is 7.28. The summed E-state index contributed by atoms with van der Waals surface area (Å²) in [5.74, 6) is 0.610. The minimum absolute atomic E-state index is 0.610. The molecule has 0 saturated carbocycles. The summed E-state index contributed by atoms with van der Waals surface area (Å²) in [6.45, 7) is 2.01. The Kier molecular flexibility index (Phi) is 3.02. The van der Waals surface area contributed by atoms with Gasteiger partial charge in [-0.1, -0.05) is 0 Å². The van der Waals surface area contributed by atoms with Gasteiger partial charge in [0.25, 0.3) is 0 Å². The number of rotatable bonds is 3. The molecule has 0 aliphatic heterocycles. The molecule has 0 fully saturated rings. The third kappa shape index (κ3) is 2.02. The van der Waals surface area contributed by atoms with Crippen molar-refractivity contribution in [2.24, 2.45) is 0 Å². The van der Waals surface area contributed by atoms with E-state index in [-0.39, 0.29) is 0 Å². The molecule has 1 N–H and O–H groups in total. The fourth-order valence-electron chi connectivity index (χ4n) is 1.60. The molecule has 4 heteroatoms. The van der Waals surface area contributed by atoms with E-state index in [2.05, 4.69) is 15.2 Å². The summed E-state index contributed by atoms with van der Waals surface area (Å²) in [4.78, 5) is 3.99. The van der Waals surface area contributed by atoms with Gasteiger partial charge in [-0.15, -0.1) is 11.6 Å². The molecule has 15 heavy (non-hydrogen) atoms. The van der Waals surface area contributed by atoms with Crippen LogP contribution in [0, 0.1) is 6.92 Å². The van der Waals surface area contributed by atoms with Gasteiger partial charge in [-0.25, -0.2) is 0 Å². The van der Waals surface area contributed by atoms with Gasteiger partial charge in [-0.2, -0.15) is 5.10 Å². The van der Waals surface area contributed by atoms with Crippen LogP contribution in [0.3, 0.4) is 0 Å². The smallest absolute Gasteiger partial charge is 0.0956 e. The fraction of sp³-hybridized carbons (Fsp3) is 0.273. The van der Waals surface area contributed by atoms with E-state index in [4.69, 9.17) is 11.6 Å². The minimum atomic E-state index is 0.610. The second-order valence-corrected chi connectivity index (χ2v) is 3.73. The Balaban J connectivity index is 2.44. The molecule has 3 nitrogen and oxygen atoms in total. The van der Waals surface area contributed by atoms with Crippen LogP contribution in [0.2, 0.25) is 0 Å². The molecular formula is C11H12ClN3. The first kappa shape index (κ1) is 10.2. The van der Waals surface area contributed by atoms with E-state index in [1.165, 1.54) is 5.56 Å². The second-order valence-electron chi connectivity index (χ2n) is 3.35. The summed E-state index contributed by atoms with van der Waals surface area (Å²) in [6, 6.07) is 3.90. The molecule has 0 aromatic carbocycles. The molecule has 2 rings (SSSR count). The Morgan fingerprint density at radius 2 is 2.07 bits per heavy atom. The highest BCUT2D eigenvalue weighted by Gasteiger charge is 2.10. The van der Waals surface area contributed by atoms with Gasteiger partial charge in [0.2, 0.25) is 0 Å². The van der Waals surface area contributed by atoms with E-state index in [0.717, 1.165) is 23.4 Å². The number of halogens is 1. The van der Waals surface area contributed by atoms with Crippen LogP contribution in [0.25, 0.3) is 11.3 Å². The van der Waals surface area contributed by atoms with Crippen molar-refractivity contribution in [2.45, 2.75) is 13.3 Å². The normalized spacial score (nSPS) is 10.5. The van der Waals surface area contributed by atoms with Gasteiger partial charge in [0.05, 0.1) is 5.69 Å². The zero-order chi connectivity index (χ0) is 10.7. The first-order chi connectivity index (χ1) is 7.33. The highest BCUT2D eigenvalue weighted by Crippen LogP contribution is 2.23. The van der Waals surface area contributed by atoms with Gasteiger partial charge >= 0.3 is 0 Å². The van der Waals surface area contributed by atoms with Crippen LogP contribution < -0.4 is 0 Å². The van der Waals surface area contributed by atoms with Crippen molar-refractivity contribution in [1.82, 2.24) is 15.2 Å². The van der Waals surface area contributed by atoms with Crippen LogP contribution in [0.5, 0.6) is 0 Å². The maximum Gasteiger partial charge on any atom is 0.0956 e. The predicted octanol–water partition coefficient (Wildman–Crippen LogP) is 2.56. The SMILES string of the molecule is Cc1[nH]nc(-c2ccncc2)c1CCCl. The van der Waals surface area contributed by atoms with Crippen LogP contribution in [-0.4, -0.2) is 21.1 Å². The van der Waals surface area contributed by atoms with Crippen molar-refractivity contribution < 1.29 is 0 Å². The zero-order valence-electron chi connectivity index (χ0n) is 8.50. The number of hydrogen-bond acceptors (Lipinski definition) is 2. The van der Waals surface area contributed by atoms with Crippen LogP contribution in [0.15, 0.2) is 24.5 Å². The van der Waals surface area contributed by atoms with E-state index in [1.54, 1.807) is 12.4 Å². The summed E-state index contributed by atoms with van der Waals surface area (Å²) >= 11 is 5.77. The summed E-state index contributed by atoms with van der Waals surface area (Å²) in [7, 11) is 0. The number of aryl methyl sites for hydroxylation is 1. The van der Waals surface area contributed by atoms with Crippen molar-refractivity contribution in [3.63, 3.8) is 0 Å². The first-order valence-electron chi connectivity index (χ1n) is 4.83. The highest BCUT2D eigenvalue weighted by atomic mass is 35.5. The van der Waals surface area contributed by atoms with Crippen molar-refractivity contribution in [3.05, 3.63) is 35.8 Å². The lowest BCUT2D eigenvalue weighted by molar-refractivity contribution is 1.04. The number of nitrogens with one attached hydrogen (secondary N) is 1. The summed E-state index contributed by atoms with van der Waals surface area (Å²) < 4.78 is 0. The number of pyridine rings is 1. The molecule has 0 radical (unpaired) electrons.